The van der Waals surface area contributed by atoms with Gasteiger partial charge in [-0.2, -0.15) is 0 Å². The normalized spacial score (nSPS) is 19.2. The summed E-state index contributed by atoms with van der Waals surface area (Å²) in [5.41, 5.74) is 0.325. The van der Waals surface area contributed by atoms with E-state index in [0.29, 0.717) is 60.6 Å². The summed E-state index contributed by atoms with van der Waals surface area (Å²) in [4.78, 5) is 70.3. The third kappa shape index (κ3) is 18.3. The Balaban J connectivity index is 1.66. The molecule has 6 atom stereocenters. The van der Waals surface area contributed by atoms with Gasteiger partial charge in [-0.1, -0.05) is 116 Å². The molecule has 4 amide bonds. The second-order valence-corrected chi connectivity index (χ2v) is 16.9. The first-order chi connectivity index (χ1) is 29.3. The zero-order chi connectivity index (χ0) is 44.6. The minimum Gasteiger partial charge on any atom is -0.507 e. The first-order valence-electron chi connectivity index (χ1n) is 23.1. The fraction of sp³-hybridized carbons (Fsp3) is 0.739. The molecule has 61 heavy (non-hydrogen) atoms. The Morgan fingerprint density at radius 3 is 2.10 bits per heavy atom. The highest BCUT2D eigenvalue weighted by molar-refractivity contribution is 6.01. The number of hydrogen-bond donors (Lipinski definition) is 5. The molecule has 0 radical (unpaired) electrons. The van der Waals surface area contributed by atoms with Gasteiger partial charge >= 0.3 is 5.97 Å². The van der Waals surface area contributed by atoms with Crippen molar-refractivity contribution in [2.45, 2.75) is 199 Å². The Bertz CT molecular complexity index is 1540. The van der Waals surface area contributed by atoms with Gasteiger partial charge in [0.25, 0.3) is 5.91 Å². The van der Waals surface area contributed by atoms with Crippen LogP contribution in [0.1, 0.15) is 175 Å². The minimum absolute atomic E-state index is 0.0247. The molecule has 2 aliphatic heterocycles. The molecule has 2 heterocycles. The molecule has 6 unspecified atom stereocenters. The van der Waals surface area contributed by atoms with Gasteiger partial charge < -0.3 is 25.2 Å². The van der Waals surface area contributed by atoms with Crippen molar-refractivity contribution < 1.29 is 49.0 Å². The molecular formula is C46H75N5O10. The lowest BCUT2D eigenvalue weighted by molar-refractivity contribution is -0.167. The summed E-state index contributed by atoms with van der Waals surface area (Å²) in [5, 5.41) is 37.2. The van der Waals surface area contributed by atoms with Crippen LogP contribution in [-0.2, 0) is 33.4 Å². The van der Waals surface area contributed by atoms with Crippen molar-refractivity contribution in [3.63, 3.8) is 0 Å². The number of amides is 4. The summed E-state index contributed by atoms with van der Waals surface area (Å²) in [6.45, 7) is 6.99. The first-order valence-corrected chi connectivity index (χ1v) is 23.1. The van der Waals surface area contributed by atoms with Crippen LogP contribution in [0.4, 0.5) is 0 Å². The molecule has 0 bridgehead atoms. The van der Waals surface area contributed by atoms with Crippen molar-refractivity contribution in [3.8, 4) is 5.75 Å². The molecule has 0 aliphatic carbocycles. The second kappa shape index (κ2) is 28.4. The lowest BCUT2D eigenvalue weighted by Crippen LogP contribution is -2.51. The molecule has 2 aliphatic rings. The Hall–Kier alpha value is -4.24. The number of ether oxygens (including phenoxy) is 2. The molecule has 1 aromatic carbocycles. The fourth-order valence-electron chi connectivity index (χ4n) is 7.82. The highest BCUT2D eigenvalue weighted by Gasteiger charge is 2.38. The number of phenols is 1. The van der Waals surface area contributed by atoms with Crippen LogP contribution in [0.3, 0.4) is 0 Å². The third-order valence-corrected chi connectivity index (χ3v) is 11.8. The predicted octanol–water partition coefficient (Wildman–Crippen LogP) is 7.51. The summed E-state index contributed by atoms with van der Waals surface area (Å²) >= 11 is 0. The molecule has 1 saturated heterocycles. The average molecular weight is 858 g/mol. The van der Waals surface area contributed by atoms with E-state index < -0.39 is 65.8 Å². The SMILES string of the molecule is CCCCCCCCCCCCCCCCCC(OC(=O)C(CCCCN(O)C(C)=O)NC(=O)C1N=C(c2ccccc2O)OC1C)C(C)C(=O)NC1CCCCN(O)C1=O. The highest BCUT2D eigenvalue weighted by Crippen LogP contribution is 2.25. The number of aliphatic imine (C=N–C) groups is 1. The molecule has 0 aromatic heterocycles. The summed E-state index contributed by atoms with van der Waals surface area (Å²) in [6.07, 6.45) is 19.0. The number of carbonyl (C=O) groups is 5. The molecule has 1 aromatic rings. The van der Waals surface area contributed by atoms with Gasteiger partial charge in [-0.25, -0.2) is 19.9 Å². The van der Waals surface area contributed by atoms with Crippen LogP contribution in [-0.4, -0.2) is 105 Å². The van der Waals surface area contributed by atoms with E-state index in [1.54, 1.807) is 32.0 Å². The van der Waals surface area contributed by atoms with Crippen molar-refractivity contribution in [1.82, 2.24) is 20.8 Å². The number of esters is 1. The summed E-state index contributed by atoms with van der Waals surface area (Å²) < 4.78 is 12.0. The zero-order valence-electron chi connectivity index (χ0n) is 37.3. The van der Waals surface area contributed by atoms with Crippen LogP contribution in [0.25, 0.3) is 0 Å². The summed E-state index contributed by atoms with van der Waals surface area (Å²) in [6, 6.07) is 3.35. The van der Waals surface area contributed by atoms with Crippen LogP contribution in [0.2, 0.25) is 0 Å². The van der Waals surface area contributed by atoms with Crippen LogP contribution in [0.15, 0.2) is 29.3 Å². The topological polar surface area (TPSA) is 207 Å². The van der Waals surface area contributed by atoms with E-state index in [9.17, 15) is 39.5 Å². The fourth-order valence-corrected chi connectivity index (χ4v) is 7.82. The number of hydroxylamine groups is 4. The maximum Gasteiger partial charge on any atom is 0.328 e. The molecular weight excluding hydrogens is 783 g/mol. The summed E-state index contributed by atoms with van der Waals surface area (Å²) in [7, 11) is 0. The molecule has 0 spiro atoms. The van der Waals surface area contributed by atoms with Gasteiger partial charge in [0.2, 0.25) is 23.6 Å². The van der Waals surface area contributed by atoms with Crippen LogP contribution in [0, 0.1) is 5.92 Å². The van der Waals surface area contributed by atoms with E-state index in [-0.39, 0.29) is 31.2 Å². The number of unbranched alkanes of at least 4 members (excludes halogenated alkanes) is 15. The van der Waals surface area contributed by atoms with Crippen molar-refractivity contribution in [2.24, 2.45) is 10.9 Å². The number of nitrogens with one attached hydrogen (secondary N) is 2. The molecule has 3 rings (SSSR count). The van der Waals surface area contributed by atoms with Gasteiger partial charge in [-0.05, 0) is 70.4 Å². The Morgan fingerprint density at radius 1 is 0.902 bits per heavy atom. The van der Waals surface area contributed by atoms with Crippen molar-refractivity contribution >= 4 is 35.5 Å². The number of benzene rings is 1. The second-order valence-electron chi connectivity index (χ2n) is 16.9. The number of aromatic hydroxyl groups is 1. The van der Waals surface area contributed by atoms with Gasteiger partial charge in [0.05, 0.1) is 11.5 Å². The lowest BCUT2D eigenvalue weighted by atomic mass is 9.96. The van der Waals surface area contributed by atoms with Crippen LogP contribution >= 0.6 is 0 Å². The first kappa shape index (κ1) is 51.1. The number of hydrogen-bond acceptors (Lipinski definition) is 11. The zero-order valence-corrected chi connectivity index (χ0v) is 37.3. The molecule has 1 fully saturated rings. The number of phenolic OH excluding ortho intramolecular Hbond substituents is 1. The van der Waals surface area contributed by atoms with E-state index in [2.05, 4.69) is 22.5 Å². The molecule has 344 valence electrons. The molecule has 15 nitrogen and oxygen atoms in total. The molecule has 5 N–H and O–H groups in total. The quantitative estimate of drug-likeness (QED) is 0.0232. The van der Waals surface area contributed by atoms with Crippen LogP contribution < -0.4 is 10.6 Å². The smallest absolute Gasteiger partial charge is 0.328 e. The monoisotopic (exact) mass is 858 g/mol. The average Bonchev–Trinajstić information content (AvgIpc) is 3.56. The van der Waals surface area contributed by atoms with E-state index in [0.717, 1.165) is 25.7 Å². The predicted molar refractivity (Wildman–Crippen MR) is 232 cm³/mol. The Labute approximate surface area is 363 Å². The number of nitrogens with zero attached hydrogens (tertiary/aromatic N) is 3. The Kier molecular flexibility index (Phi) is 23.8. The van der Waals surface area contributed by atoms with Gasteiger partial charge in [0, 0.05) is 20.0 Å². The van der Waals surface area contributed by atoms with E-state index >= 15 is 0 Å². The van der Waals surface area contributed by atoms with Gasteiger partial charge in [0.1, 0.15) is 30.0 Å². The number of rotatable bonds is 29. The largest absolute Gasteiger partial charge is 0.507 e. The standard InChI is InChI=1S/C46H75N5O10/c1-5-6-7-8-9-10-11-12-13-14-15-16-17-18-19-30-40(33(2)42(54)47-37-27-22-25-32-51(59)45(37)56)61-46(57)38(28-23-24-31-50(58)35(4)52)48-43(55)41-34(3)60-44(49-41)36-26-20-21-29-39(36)53/h20-21,26,29,33-34,37-38,40-41,53,58-59H,5-19,22-25,27-28,30-32H2,1-4H3,(H,47,54)(H,48,55). The molecule has 0 saturated carbocycles. The minimum atomic E-state index is -1.17. The van der Waals surface area contributed by atoms with Crippen LogP contribution in [0.5, 0.6) is 5.75 Å². The van der Waals surface area contributed by atoms with Gasteiger partial charge in [0.15, 0.2) is 6.04 Å². The Morgan fingerprint density at radius 2 is 1.49 bits per heavy atom. The number of para-hydroxylation sites is 1. The van der Waals surface area contributed by atoms with Crippen molar-refractivity contribution in [3.05, 3.63) is 29.8 Å². The number of carbonyl (C=O) groups excluding carboxylic acids is 5. The maximum absolute atomic E-state index is 14.1. The van der Waals surface area contributed by atoms with E-state index in [1.807, 2.05) is 0 Å². The van der Waals surface area contributed by atoms with E-state index in [4.69, 9.17) is 9.47 Å². The highest BCUT2D eigenvalue weighted by atomic mass is 16.5. The van der Waals surface area contributed by atoms with Gasteiger partial charge in [-0.3, -0.25) is 29.6 Å². The van der Waals surface area contributed by atoms with E-state index in [1.165, 1.54) is 77.2 Å². The third-order valence-electron chi connectivity index (χ3n) is 11.8. The van der Waals surface area contributed by atoms with Crippen molar-refractivity contribution in [2.75, 3.05) is 13.1 Å². The summed E-state index contributed by atoms with van der Waals surface area (Å²) in [5.74, 6) is -3.77. The maximum atomic E-state index is 14.1. The van der Waals surface area contributed by atoms with Crippen molar-refractivity contribution in [1.29, 1.82) is 0 Å². The molecule has 15 heteroatoms. The lowest BCUT2D eigenvalue weighted by Gasteiger charge is -2.28. The van der Waals surface area contributed by atoms with Gasteiger partial charge in [-0.15, -0.1) is 0 Å².